The van der Waals surface area contributed by atoms with E-state index in [0.717, 1.165) is 18.7 Å². The van der Waals surface area contributed by atoms with Gasteiger partial charge in [0.25, 0.3) is 0 Å². The molecule has 0 spiro atoms. The normalized spacial score (nSPS) is 17.1. The van der Waals surface area contributed by atoms with Gasteiger partial charge in [0.2, 0.25) is 5.95 Å². The molecular formula is C14H15ClN4O. The van der Waals surface area contributed by atoms with Gasteiger partial charge in [-0.3, -0.25) is 0 Å². The number of hydrogen-bond acceptors (Lipinski definition) is 5. The van der Waals surface area contributed by atoms with Crippen LogP contribution in [-0.4, -0.2) is 23.1 Å². The zero-order valence-electron chi connectivity index (χ0n) is 10.8. The molecule has 1 aromatic carbocycles. The molecule has 1 atom stereocenters. The number of ether oxygens (including phenoxy) is 1. The SMILES string of the molecule is Nc1nc(Cl)cc(NCC2COc3ccccc3C2)n1. The van der Waals surface area contributed by atoms with Crippen LogP contribution in [0.3, 0.4) is 0 Å². The van der Waals surface area contributed by atoms with Crippen LogP contribution in [0.4, 0.5) is 11.8 Å². The molecule has 1 aromatic heterocycles. The molecule has 3 N–H and O–H groups in total. The lowest BCUT2D eigenvalue weighted by atomic mass is 9.97. The van der Waals surface area contributed by atoms with Crippen molar-refractivity contribution in [1.29, 1.82) is 0 Å². The molecule has 0 saturated carbocycles. The summed E-state index contributed by atoms with van der Waals surface area (Å²) in [5.41, 5.74) is 6.80. The summed E-state index contributed by atoms with van der Waals surface area (Å²) in [6, 6.07) is 9.78. The smallest absolute Gasteiger partial charge is 0.223 e. The van der Waals surface area contributed by atoms with Crippen LogP contribution in [0.1, 0.15) is 5.56 Å². The molecule has 104 valence electrons. The maximum absolute atomic E-state index is 5.84. The van der Waals surface area contributed by atoms with Gasteiger partial charge in [-0.2, -0.15) is 4.98 Å². The quantitative estimate of drug-likeness (QED) is 0.849. The summed E-state index contributed by atoms with van der Waals surface area (Å²) in [7, 11) is 0. The first-order valence-electron chi connectivity index (χ1n) is 6.45. The van der Waals surface area contributed by atoms with Crippen LogP contribution >= 0.6 is 11.6 Å². The number of hydrogen-bond donors (Lipinski definition) is 2. The average molecular weight is 291 g/mol. The highest BCUT2D eigenvalue weighted by atomic mass is 35.5. The minimum absolute atomic E-state index is 0.172. The first kappa shape index (κ1) is 13.0. The van der Waals surface area contributed by atoms with Crippen LogP contribution < -0.4 is 15.8 Å². The summed E-state index contributed by atoms with van der Waals surface area (Å²) >= 11 is 5.84. The number of aromatic nitrogens is 2. The monoisotopic (exact) mass is 290 g/mol. The number of para-hydroxylation sites is 1. The number of rotatable bonds is 3. The predicted octanol–water partition coefficient (Wildman–Crippen LogP) is 2.38. The number of nitrogens with one attached hydrogen (secondary N) is 1. The Morgan fingerprint density at radius 1 is 1.35 bits per heavy atom. The minimum atomic E-state index is 0.172. The van der Waals surface area contributed by atoms with Crippen molar-refractivity contribution in [3.8, 4) is 5.75 Å². The van der Waals surface area contributed by atoms with Gasteiger partial charge < -0.3 is 15.8 Å². The Kier molecular flexibility index (Phi) is 3.60. The zero-order chi connectivity index (χ0) is 13.9. The molecular weight excluding hydrogens is 276 g/mol. The standard InChI is InChI=1S/C14H15ClN4O/c15-12-6-13(19-14(16)18-12)17-7-9-5-10-3-1-2-4-11(10)20-8-9/h1-4,6,9H,5,7-8H2,(H3,16,17,18,19). The van der Waals surface area contributed by atoms with Crippen molar-refractivity contribution >= 4 is 23.4 Å². The lowest BCUT2D eigenvalue weighted by molar-refractivity contribution is 0.229. The van der Waals surface area contributed by atoms with E-state index in [2.05, 4.69) is 21.4 Å². The Balaban J connectivity index is 1.62. The summed E-state index contributed by atoms with van der Waals surface area (Å²) in [5.74, 6) is 2.18. The first-order valence-corrected chi connectivity index (χ1v) is 6.83. The largest absolute Gasteiger partial charge is 0.493 e. The fraction of sp³-hybridized carbons (Fsp3) is 0.286. The van der Waals surface area contributed by atoms with Crippen LogP contribution in [0.25, 0.3) is 0 Å². The third-order valence-corrected chi connectivity index (χ3v) is 3.43. The Labute approximate surface area is 122 Å². The summed E-state index contributed by atoms with van der Waals surface area (Å²) in [4.78, 5) is 7.92. The van der Waals surface area contributed by atoms with Crippen molar-refractivity contribution in [1.82, 2.24) is 9.97 Å². The molecule has 5 nitrogen and oxygen atoms in total. The number of fused-ring (bicyclic) bond motifs is 1. The third kappa shape index (κ3) is 2.93. The van der Waals surface area contributed by atoms with Crippen molar-refractivity contribution in [2.75, 3.05) is 24.2 Å². The van der Waals surface area contributed by atoms with E-state index in [-0.39, 0.29) is 5.95 Å². The van der Waals surface area contributed by atoms with E-state index in [4.69, 9.17) is 22.1 Å². The Hall–Kier alpha value is -2.01. The molecule has 1 aliphatic heterocycles. The van der Waals surface area contributed by atoms with Crippen LogP contribution in [0.5, 0.6) is 5.75 Å². The molecule has 6 heteroatoms. The van der Waals surface area contributed by atoms with Crippen molar-refractivity contribution in [2.45, 2.75) is 6.42 Å². The van der Waals surface area contributed by atoms with Crippen LogP contribution in [0.15, 0.2) is 30.3 Å². The highest BCUT2D eigenvalue weighted by Crippen LogP contribution is 2.27. The Bertz CT molecular complexity index is 600. The van der Waals surface area contributed by atoms with Crippen LogP contribution in [-0.2, 0) is 6.42 Å². The van der Waals surface area contributed by atoms with Crippen LogP contribution in [0.2, 0.25) is 5.15 Å². The molecule has 0 amide bonds. The van der Waals surface area contributed by atoms with Gasteiger partial charge in [-0.05, 0) is 18.1 Å². The van der Waals surface area contributed by atoms with Gasteiger partial charge in [0.05, 0.1) is 6.61 Å². The summed E-state index contributed by atoms with van der Waals surface area (Å²) < 4.78 is 5.75. The minimum Gasteiger partial charge on any atom is -0.493 e. The van der Waals surface area contributed by atoms with Gasteiger partial charge in [0.1, 0.15) is 16.7 Å². The van der Waals surface area contributed by atoms with Gasteiger partial charge in [-0.25, -0.2) is 4.98 Å². The zero-order valence-corrected chi connectivity index (χ0v) is 11.6. The topological polar surface area (TPSA) is 73.1 Å². The fourth-order valence-electron chi connectivity index (χ4n) is 2.30. The number of nitrogens with two attached hydrogens (primary N) is 1. The molecule has 1 aliphatic rings. The van der Waals surface area contributed by atoms with Gasteiger partial charge in [0, 0.05) is 18.5 Å². The lowest BCUT2D eigenvalue weighted by Gasteiger charge is -2.25. The van der Waals surface area contributed by atoms with E-state index in [1.807, 2.05) is 18.2 Å². The van der Waals surface area contributed by atoms with E-state index in [0.29, 0.717) is 23.5 Å². The Morgan fingerprint density at radius 3 is 3.05 bits per heavy atom. The Morgan fingerprint density at radius 2 is 2.20 bits per heavy atom. The number of benzene rings is 1. The van der Waals surface area contributed by atoms with Gasteiger partial charge in [-0.15, -0.1) is 0 Å². The first-order chi connectivity index (χ1) is 9.70. The molecule has 3 rings (SSSR count). The second kappa shape index (κ2) is 5.54. The number of nitrogen functional groups attached to an aromatic ring is 1. The van der Waals surface area contributed by atoms with Crippen LogP contribution in [0, 0.1) is 5.92 Å². The second-order valence-electron chi connectivity index (χ2n) is 4.80. The third-order valence-electron chi connectivity index (χ3n) is 3.24. The van der Waals surface area contributed by atoms with Gasteiger partial charge in [-0.1, -0.05) is 29.8 Å². The van der Waals surface area contributed by atoms with E-state index < -0.39 is 0 Å². The predicted molar refractivity (Wildman–Crippen MR) is 79.1 cm³/mol. The van der Waals surface area contributed by atoms with E-state index in [1.54, 1.807) is 6.07 Å². The molecule has 2 aromatic rings. The number of nitrogens with zero attached hydrogens (tertiary/aromatic N) is 2. The maximum Gasteiger partial charge on any atom is 0.223 e. The van der Waals surface area contributed by atoms with E-state index in [1.165, 1.54) is 5.56 Å². The van der Waals surface area contributed by atoms with Crippen molar-refractivity contribution in [2.24, 2.45) is 5.92 Å². The molecule has 2 heterocycles. The molecule has 0 radical (unpaired) electrons. The molecule has 0 fully saturated rings. The number of halogens is 1. The second-order valence-corrected chi connectivity index (χ2v) is 5.19. The van der Waals surface area contributed by atoms with Crippen molar-refractivity contribution < 1.29 is 4.74 Å². The summed E-state index contributed by atoms with van der Waals surface area (Å²) in [6.45, 7) is 1.44. The van der Waals surface area contributed by atoms with Crippen molar-refractivity contribution in [3.05, 3.63) is 41.0 Å². The highest BCUT2D eigenvalue weighted by molar-refractivity contribution is 6.29. The average Bonchev–Trinajstić information content (AvgIpc) is 2.44. The molecule has 0 bridgehead atoms. The highest BCUT2D eigenvalue weighted by Gasteiger charge is 2.19. The van der Waals surface area contributed by atoms with Gasteiger partial charge >= 0.3 is 0 Å². The summed E-state index contributed by atoms with van der Waals surface area (Å²) in [6.07, 6.45) is 0.984. The summed E-state index contributed by atoms with van der Waals surface area (Å²) in [5, 5.41) is 3.57. The number of anilines is 2. The molecule has 0 aliphatic carbocycles. The van der Waals surface area contributed by atoms with Crippen molar-refractivity contribution in [3.63, 3.8) is 0 Å². The molecule has 1 unspecified atom stereocenters. The molecule has 20 heavy (non-hydrogen) atoms. The fourth-order valence-corrected chi connectivity index (χ4v) is 2.49. The van der Waals surface area contributed by atoms with E-state index >= 15 is 0 Å². The lowest BCUT2D eigenvalue weighted by Crippen LogP contribution is -2.27. The van der Waals surface area contributed by atoms with E-state index in [9.17, 15) is 0 Å². The van der Waals surface area contributed by atoms with Gasteiger partial charge in [0.15, 0.2) is 0 Å². The maximum atomic E-state index is 5.84. The molecule has 0 saturated heterocycles.